The van der Waals surface area contributed by atoms with Crippen LogP contribution in [-0.4, -0.2) is 36.1 Å². The molecule has 0 unspecified atom stereocenters. The molecule has 1 aromatic carbocycles. The van der Waals surface area contributed by atoms with E-state index in [0.29, 0.717) is 22.9 Å². The van der Waals surface area contributed by atoms with E-state index in [4.69, 9.17) is 23.2 Å². The SMILES string of the molecule is CCN(C(=O)c1ncc(Cl)cc1NS(=O)(=O)c1ccc(Cl)c(C)c1)c1cc[nH]n1. The van der Waals surface area contributed by atoms with Crippen molar-refractivity contribution >= 4 is 50.6 Å². The Morgan fingerprint density at radius 2 is 2.00 bits per heavy atom. The van der Waals surface area contributed by atoms with Crippen molar-refractivity contribution in [3.8, 4) is 0 Å². The summed E-state index contributed by atoms with van der Waals surface area (Å²) >= 11 is 12.0. The van der Waals surface area contributed by atoms with Crippen molar-refractivity contribution < 1.29 is 13.2 Å². The van der Waals surface area contributed by atoms with Crippen LogP contribution in [0.3, 0.4) is 0 Å². The minimum absolute atomic E-state index is 0.00239. The number of nitrogens with zero attached hydrogens (tertiary/aromatic N) is 3. The number of sulfonamides is 1. The number of anilines is 2. The molecule has 8 nitrogen and oxygen atoms in total. The minimum atomic E-state index is -4.01. The first-order valence-corrected chi connectivity index (χ1v) is 10.7. The van der Waals surface area contributed by atoms with Crippen LogP contribution in [0.15, 0.2) is 47.6 Å². The monoisotopic (exact) mass is 453 g/mol. The third-order valence-corrected chi connectivity index (χ3v) is 6.06. The zero-order chi connectivity index (χ0) is 21.2. The number of aromatic nitrogens is 3. The summed E-state index contributed by atoms with van der Waals surface area (Å²) in [6.45, 7) is 3.76. The van der Waals surface area contributed by atoms with Crippen molar-refractivity contribution in [3.63, 3.8) is 0 Å². The van der Waals surface area contributed by atoms with Crippen molar-refractivity contribution in [1.29, 1.82) is 0 Å². The van der Waals surface area contributed by atoms with E-state index in [-0.39, 0.29) is 21.3 Å². The van der Waals surface area contributed by atoms with Crippen molar-refractivity contribution in [2.24, 2.45) is 0 Å². The number of aromatic amines is 1. The Hall–Kier alpha value is -2.62. The van der Waals surface area contributed by atoms with E-state index >= 15 is 0 Å². The van der Waals surface area contributed by atoms with Gasteiger partial charge in [-0.1, -0.05) is 23.2 Å². The minimum Gasteiger partial charge on any atom is -0.290 e. The zero-order valence-corrected chi connectivity index (χ0v) is 17.8. The van der Waals surface area contributed by atoms with E-state index in [1.54, 1.807) is 26.1 Å². The van der Waals surface area contributed by atoms with Crippen molar-refractivity contribution in [3.05, 3.63) is 64.0 Å². The third kappa shape index (κ3) is 4.52. The molecule has 0 fully saturated rings. The van der Waals surface area contributed by atoms with Gasteiger partial charge >= 0.3 is 0 Å². The molecule has 11 heteroatoms. The topological polar surface area (TPSA) is 108 Å². The molecule has 0 saturated carbocycles. The smallest absolute Gasteiger partial charge is 0.280 e. The quantitative estimate of drug-likeness (QED) is 0.588. The highest BCUT2D eigenvalue weighted by Gasteiger charge is 2.25. The van der Waals surface area contributed by atoms with Gasteiger partial charge in [0.1, 0.15) is 0 Å². The summed E-state index contributed by atoms with van der Waals surface area (Å²) in [7, 11) is -4.01. The third-order valence-electron chi connectivity index (χ3n) is 4.06. The van der Waals surface area contributed by atoms with Crippen LogP contribution >= 0.6 is 23.2 Å². The van der Waals surface area contributed by atoms with Crippen LogP contribution in [0.4, 0.5) is 11.5 Å². The molecule has 2 N–H and O–H groups in total. The van der Waals surface area contributed by atoms with E-state index < -0.39 is 15.9 Å². The van der Waals surface area contributed by atoms with Crippen molar-refractivity contribution in [2.75, 3.05) is 16.2 Å². The fourth-order valence-electron chi connectivity index (χ4n) is 2.62. The molecule has 0 bridgehead atoms. The van der Waals surface area contributed by atoms with Crippen molar-refractivity contribution in [2.45, 2.75) is 18.7 Å². The number of halogens is 2. The number of carbonyl (C=O) groups is 1. The van der Waals surface area contributed by atoms with Crippen LogP contribution in [0.5, 0.6) is 0 Å². The molecule has 2 aromatic heterocycles. The van der Waals surface area contributed by atoms with E-state index in [0.717, 1.165) is 0 Å². The second kappa shape index (κ2) is 8.40. The maximum atomic E-state index is 13.0. The van der Waals surface area contributed by atoms with Crippen LogP contribution in [0.1, 0.15) is 23.0 Å². The lowest BCUT2D eigenvalue weighted by Crippen LogP contribution is -2.32. The fraction of sp³-hybridized carbons (Fsp3) is 0.167. The second-order valence-corrected chi connectivity index (χ2v) is 8.57. The van der Waals surface area contributed by atoms with Gasteiger partial charge in [-0.15, -0.1) is 0 Å². The summed E-state index contributed by atoms with van der Waals surface area (Å²) in [5, 5.41) is 7.25. The fourth-order valence-corrected chi connectivity index (χ4v) is 4.03. The van der Waals surface area contributed by atoms with Gasteiger partial charge in [-0.2, -0.15) is 5.10 Å². The summed E-state index contributed by atoms with van der Waals surface area (Å²) in [6.07, 6.45) is 2.85. The zero-order valence-electron chi connectivity index (χ0n) is 15.5. The highest BCUT2D eigenvalue weighted by molar-refractivity contribution is 7.92. The number of hydrogen-bond acceptors (Lipinski definition) is 5. The molecule has 3 rings (SSSR count). The average Bonchev–Trinajstić information content (AvgIpc) is 3.18. The molecule has 152 valence electrons. The Bertz CT molecular complexity index is 1150. The largest absolute Gasteiger partial charge is 0.290 e. The predicted molar refractivity (Wildman–Crippen MR) is 112 cm³/mol. The van der Waals surface area contributed by atoms with Gasteiger partial charge in [-0.3, -0.25) is 19.5 Å². The average molecular weight is 454 g/mol. The van der Waals surface area contributed by atoms with Gasteiger partial charge in [0.2, 0.25) is 0 Å². The first-order valence-electron chi connectivity index (χ1n) is 8.49. The molecule has 29 heavy (non-hydrogen) atoms. The maximum Gasteiger partial charge on any atom is 0.280 e. The number of carbonyl (C=O) groups excluding carboxylic acids is 1. The Balaban J connectivity index is 2.00. The summed E-state index contributed by atoms with van der Waals surface area (Å²) < 4.78 is 28.1. The molecular weight excluding hydrogens is 437 g/mol. The normalized spacial score (nSPS) is 11.3. The Morgan fingerprint density at radius 3 is 2.62 bits per heavy atom. The first kappa shape index (κ1) is 21.1. The number of rotatable bonds is 6. The highest BCUT2D eigenvalue weighted by atomic mass is 35.5. The Labute approximate surface area is 177 Å². The van der Waals surface area contributed by atoms with Gasteiger partial charge in [0.15, 0.2) is 11.5 Å². The van der Waals surface area contributed by atoms with Crippen LogP contribution in [-0.2, 0) is 10.0 Å². The molecular formula is C18H17Cl2N5O3S. The van der Waals surface area contributed by atoms with Gasteiger partial charge < -0.3 is 0 Å². The Morgan fingerprint density at radius 1 is 1.24 bits per heavy atom. The van der Waals surface area contributed by atoms with Crippen LogP contribution < -0.4 is 9.62 Å². The van der Waals surface area contributed by atoms with Crippen LogP contribution in [0.25, 0.3) is 0 Å². The summed E-state index contributed by atoms with van der Waals surface area (Å²) in [5.41, 5.74) is 0.461. The van der Waals surface area contributed by atoms with Crippen LogP contribution in [0, 0.1) is 6.92 Å². The number of benzene rings is 1. The maximum absolute atomic E-state index is 13.0. The van der Waals surface area contributed by atoms with E-state index in [1.807, 2.05) is 0 Å². The molecule has 0 radical (unpaired) electrons. The van der Waals surface area contributed by atoms with Crippen LogP contribution in [0.2, 0.25) is 10.0 Å². The van der Waals surface area contributed by atoms with E-state index in [9.17, 15) is 13.2 Å². The van der Waals surface area contributed by atoms with Gasteiger partial charge in [0.05, 0.1) is 15.6 Å². The molecule has 2 heterocycles. The van der Waals surface area contributed by atoms with Gasteiger partial charge in [-0.05, 0) is 43.7 Å². The Kier molecular flexibility index (Phi) is 6.11. The van der Waals surface area contributed by atoms with Gasteiger partial charge in [0.25, 0.3) is 15.9 Å². The molecule has 0 aliphatic carbocycles. The summed E-state index contributed by atoms with van der Waals surface area (Å²) in [4.78, 5) is 18.5. The second-order valence-electron chi connectivity index (χ2n) is 6.05. The number of aryl methyl sites for hydroxylation is 1. The molecule has 0 aliphatic heterocycles. The van der Waals surface area contributed by atoms with E-state index in [2.05, 4.69) is 19.9 Å². The van der Waals surface area contributed by atoms with Gasteiger partial charge in [0, 0.05) is 30.0 Å². The van der Waals surface area contributed by atoms with Gasteiger partial charge in [-0.25, -0.2) is 13.4 Å². The molecule has 0 aliphatic rings. The van der Waals surface area contributed by atoms with Crippen molar-refractivity contribution in [1.82, 2.24) is 15.2 Å². The molecule has 1 amide bonds. The lowest BCUT2D eigenvalue weighted by Gasteiger charge is -2.19. The molecule has 0 atom stereocenters. The predicted octanol–water partition coefficient (Wildman–Crippen LogP) is 3.89. The number of H-pyrrole nitrogens is 1. The van der Waals surface area contributed by atoms with E-state index in [1.165, 1.54) is 35.4 Å². The summed E-state index contributed by atoms with van der Waals surface area (Å²) in [5.74, 6) is -0.141. The molecule has 3 aromatic rings. The first-order chi connectivity index (χ1) is 13.7. The number of pyridine rings is 1. The number of amides is 1. The lowest BCUT2D eigenvalue weighted by molar-refractivity contribution is 0.0983. The summed E-state index contributed by atoms with van der Waals surface area (Å²) in [6, 6.07) is 7.26. The standard InChI is InChI=1S/C18H17Cl2N5O3S/c1-3-25(16-6-7-22-23-16)18(26)17-15(9-12(19)10-21-17)24-29(27,28)13-4-5-14(20)11(2)8-13/h4-10,24H,3H2,1-2H3,(H,22,23). The highest BCUT2D eigenvalue weighted by Crippen LogP contribution is 2.26. The molecule has 0 saturated heterocycles. The lowest BCUT2D eigenvalue weighted by atomic mass is 10.2. The number of nitrogens with one attached hydrogen (secondary N) is 2. The number of hydrogen-bond donors (Lipinski definition) is 2. The molecule has 0 spiro atoms.